The van der Waals surface area contributed by atoms with Gasteiger partial charge in [-0.2, -0.15) is 5.26 Å². The van der Waals surface area contributed by atoms with Crippen molar-refractivity contribution in [3.63, 3.8) is 0 Å². The van der Waals surface area contributed by atoms with E-state index in [0.717, 1.165) is 16.9 Å². The highest BCUT2D eigenvalue weighted by Crippen LogP contribution is 2.06. The van der Waals surface area contributed by atoms with E-state index in [1.807, 2.05) is 42.5 Å². The Hall–Kier alpha value is -4.28. The summed E-state index contributed by atoms with van der Waals surface area (Å²) in [6.07, 6.45) is 1.62. The van der Waals surface area contributed by atoms with E-state index in [0.29, 0.717) is 15.8 Å². The van der Waals surface area contributed by atoms with Crippen molar-refractivity contribution < 1.29 is 9.18 Å². The molecule has 0 atom stereocenters. The van der Waals surface area contributed by atoms with Gasteiger partial charge in [-0.3, -0.25) is 14.2 Å². The second-order valence-corrected chi connectivity index (χ2v) is 8.13. The Morgan fingerprint density at radius 3 is 2.27 bits per heavy atom. The number of halogens is 1. The molecule has 162 valence electrons. The van der Waals surface area contributed by atoms with Crippen molar-refractivity contribution >= 4 is 28.9 Å². The van der Waals surface area contributed by atoms with Crippen molar-refractivity contribution in [2.24, 2.45) is 0 Å². The normalized spacial score (nSPS) is 12.2. The molecular formula is C26H18FN3O2S. The van der Waals surface area contributed by atoms with Crippen LogP contribution in [0.4, 0.5) is 4.39 Å². The zero-order valence-corrected chi connectivity index (χ0v) is 18.2. The lowest BCUT2D eigenvalue weighted by molar-refractivity contribution is -0.115. The van der Waals surface area contributed by atoms with Gasteiger partial charge in [0.05, 0.1) is 10.2 Å². The number of carbonyl (C=O) groups excluding carboxylic acids is 1. The van der Waals surface area contributed by atoms with Crippen LogP contribution in [0.25, 0.3) is 17.3 Å². The van der Waals surface area contributed by atoms with E-state index in [9.17, 15) is 19.2 Å². The number of carbonyl (C=O) groups is 1. The molecule has 0 saturated heterocycles. The number of nitrogens with zero attached hydrogens (tertiary/aromatic N) is 2. The SMILES string of the molecule is N#C/C(C(=O)NCc1ccccc1)=c1/s/c(=C/c2ccc(F)cc2)c(=O)n1-c1ccccc1. The summed E-state index contributed by atoms with van der Waals surface area (Å²) in [7, 11) is 0. The smallest absolute Gasteiger partial charge is 0.273 e. The highest BCUT2D eigenvalue weighted by molar-refractivity contribution is 7.07. The van der Waals surface area contributed by atoms with Crippen LogP contribution in [0.2, 0.25) is 0 Å². The van der Waals surface area contributed by atoms with Crippen LogP contribution < -0.4 is 20.1 Å². The summed E-state index contributed by atoms with van der Waals surface area (Å²) in [4.78, 5) is 26.2. The predicted octanol–water partition coefficient (Wildman–Crippen LogP) is 2.86. The fraction of sp³-hybridized carbons (Fsp3) is 0.0385. The zero-order chi connectivity index (χ0) is 23.2. The maximum absolute atomic E-state index is 13.3. The number of nitrogens with one attached hydrogen (secondary N) is 1. The van der Waals surface area contributed by atoms with Gasteiger partial charge in [-0.1, -0.05) is 60.7 Å². The van der Waals surface area contributed by atoms with Crippen molar-refractivity contribution in [2.45, 2.75) is 6.54 Å². The topological polar surface area (TPSA) is 74.9 Å². The molecule has 0 bridgehead atoms. The minimum Gasteiger partial charge on any atom is -0.347 e. The van der Waals surface area contributed by atoms with Gasteiger partial charge in [0, 0.05) is 6.54 Å². The van der Waals surface area contributed by atoms with Crippen LogP contribution in [0.3, 0.4) is 0 Å². The Morgan fingerprint density at radius 1 is 1.00 bits per heavy atom. The van der Waals surface area contributed by atoms with Crippen LogP contribution in [0.15, 0.2) is 89.7 Å². The van der Waals surface area contributed by atoms with Gasteiger partial charge in [0.25, 0.3) is 11.5 Å². The molecule has 4 rings (SSSR count). The van der Waals surface area contributed by atoms with Crippen molar-refractivity contribution in [1.82, 2.24) is 9.88 Å². The van der Waals surface area contributed by atoms with Gasteiger partial charge in [-0.15, -0.1) is 11.3 Å². The third kappa shape index (κ3) is 4.97. The van der Waals surface area contributed by atoms with Crippen molar-refractivity contribution in [3.05, 3.63) is 121 Å². The highest BCUT2D eigenvalue weighted by atomic mass is 32.1. The third-order valence-electron chi connectivity index (χ3n) is 4.85. The molecule has 33 heavy (non-hydrogen) atoms. The second-order valence-electron chi connectivity index (χ2n) is 7.10. The van der Waals surface area contributed by atoms with E-state index >= 15 is 0 Å². The van der Waals surface area contributed by atoms with Gasteiger partial charge in [0.2, 0.25) is 0 Å². The summed E-state index contributed by atoms with van der Waals surface area (Å²) in [5.74, 6) is -0.948. The van der Waals surface area contributed by atoms with Crippen LogP contribution in [-0.4, -0.2) is 10.5 Å². The first-order valence-corrected chi connectivity index (χ1v) is 10.9. The average molecular weight is 456 g/mol. The minimum atomic E-state index is -0.569. The second kappa shape index (κ2) is 9.90. The molecule has 0 unspecified atom stereocenters. The Morgan fingerprint density at radius 2 is 1.64 bits per heavy atom. The first-order valence-electron chi connectivity index (χ1n) is 10.1. The molecule has 0 saturated carbocycles. The summed E-state index contributed by atoms with van der Waals surface area (Å²) >= 11 is 1.04. The molecule has 0 fully saturated rings. The van der Waals surface area contributed by atoms with Gasteiger partial charge in [0.15, 0.2) is 5.57 Å². The number of nitriles is 1. The lowest BCUT2D eigenvalue weighted by Crippen LogP contribution is -2.33. The Balaban J connectivity index is 1.87. The molecule has 0 aliphatic heterocycles. The first kappa shape index (κ1) is 21.9. The van der Waals surface area contributed by atoms with Crippen LogP contribution >= 0.6 is 11.3 Å². The van der Waals surface area contributed by atoms with Crippen molar-refractivity contribution in [1.29, 1.82) is 5.26 Å². The Labute approximate surface area is 193 Å². The van der Waals surface area contributed by atoms with Gasteiger partial charge in [-0.25, -0.2) is 4.39 Å². The van der Waals surface area contributed by atoms with E-state index in [1.165, 1.54) is 16.7 Å². The van der Waals surface area contributed by atoms with Crippen molar-refractivity contribution in [2.75, 3.05) is 0 Å². The van der Waals surface area contributed by atoms with Crippen LogP contribution in [0.5, 0.6) is 0 Å². The molecule has 0 aliphatic rings. The molecule has 0 radical (unpaired) electrons. The standard InChI is InChI=1S/C26H18FN3O2S/c27-20-13-11-18(12-14-20)15-23-25(32)30(21-9-5-2-6-10-21)26(33-23)22(16-28)24(31)29-17-19-7-3-1-4-8-19/h1-15H,17H2,(H,29,31)/b23-15+,26-22-. The summed E-state index contributed by atoms with van der Waals surface area (Å²) < 4.78 is 15.2. The number of para-hydroxylation sites is 1. The number of rotatable bonds is 5. The summed E-state index contributed by atoms with van der Waals surface area (Å²) in [5, 5.41) is 12.6. The quantitative estimate of drug-likeness (QED) is 0.503. The summed E-state index contributed by atoms with van der Waals surface area (Å²) in [6.45, 7) is 0.250. The van der Waals surface area contributed by atoms with E-state index in [1.54, 1.807) is 42.5 Å². The average Bonchev–Trinajstić information content (AvgIpc) is 3.16. The molecule has 3 aromatic carbocycles. The number of hydrogen-bond donors (Lipinski definition) is 1. The van der Waals surface area contributed by atoms with Crippen LogP contribution in [-0.2, 0) is 11.3 Å². The molecule has 4 aromatic rings. The third-order valence-corrected chi connectivity index (χ3v) is 5.95. The fourth-order valence-corrected chi connectivity index (χ4v) is 4.34. The Kier molecular flexibility index (Phi) is 6.58. The number of thiazole rings is 1. The van der Waals surface area contributed by atoms with Gasteiger partial charge < -0.3 is 5.32 Å². The predicted molar refractivity (Wildman–Crippen MR) is 126 cm³/mol. The Bertz CT molecular complexity index is 1500. The molecule has 7 heteroatoms. The molecule has 1 aromatic heterocycles. The summed E-state index contributed by atoms with van der Waals surface area (Å²) in [6, 6.07) is 25.9. The zero-order valence-electron chi connectivity index (χ0n) is 17.4. The monoisotopic (exact) mass is 455 g/mol. The van der Waals surface area contributed by atoms with Crippen LogP contribution in [0, 0.1) is 17.1 Å². The molecule has 1 amide bonds. The summed E-state index contributed by atoms with van der Waals surface area (Å²) in [5.41, 5.74) is 1.54. The fourth-order valence-electron chi connectivity index (χ4n) is 3.23. The van der Waals surface area contributed by atoms with Gasteiger partial charge >= 0.3 is 0 Å². The maximum atomic E-state index is 13.3. The highest BCUT2D eigenvalue weighted by Gasteiger charge is 2.16. The largest absolute Gasteiger partial charge is 0.347 e. The van der Waals surface area contributed by atoms with E-state index in [4.69, 9.17) is 0 Å². The molecule has 0 aliphatic carbocycles. The molecular weight excluding hydrogens is 437 g/mol. The molecule has 1 N–H and O–H groups in total. The lowest BCUT2D eigenvalue weighted by atomic mass is 10.2. The molecule has 1 heterocycles. The lowest BCUT2D eigenvalue weighted by Gasteiger charge is -2.06. The van der Waals surface area contributed by atoms with Crippen molar-refractivity contribution in [3.8, 4) is 11.8 Å². The number of amides is 1. The maximum Gasteiger partial charge on any atom is 0.273 e. The van der Waals surface area contributed by atoms with Crippen LogP contribution in [0.1, 0.15) is 11.1 Å². The number of benzene rings is 3. The van der Waals surface area contributed by atoms with Gasteiger partial charge in [-0.05, 0) is 41.5 Å². The van der Waals surface area contributed by atoms with Gasteiger partial charge in [0.1, 0.15) is 16.5 Å². The van der Waals surface area contributed by atoms with E-state index < -0.39 is 5.91 Å². The van der Waals surface area contributed by atoms with E-state index in [2.05, 4.69) is 5.32 Å². The molecule has 0 spiro atoms. The van der Waals surface area contributed by atoms with E-state index in [-0.39, 0.29) is 28.2 Å². The first-order chi connectivity index (χ1) is 16.1. The number of aromatic nitrogens is 1. The molecule has 5 nitrogen and oxygen atoms in total. The minimum absolute atomic E-state index is 0.157. The number of hydrogen-bond acceptors (Lipinski definition) is 4.